The molecule has 2 fully saturated rings. The minimum absolute atomic E-state index is 0.114. The molecule has 0 aromatic carbocycles. The van der Waals surface area contributed by atoms with Crippen molar-refractivity contribution in [3.63, 3.8) is 0 Å². The molecule has 0 bridgehead atoms. The van der Waals surface area contributed by atoms with Crippen LogP contribution in [0.4, 0.5) is 0 Å². The Labute approximate surface area is 90.8 Å². The van der Waals surface area contributed by atoms with Crippen LogP contribution in [0.3, 0.4) is 0 Å². The van der Waals surface area contributed by atoms with Gasteiger partial charge in [-0.1, -0.05) is 0 Å². The Hall–Kier alpha value is -0.160. The summed E-state index contributed by atoms with van der Waals surface area (Å²) in [6, 6.07) is 0. The molecule has 0 aromatic heterocycles. The Balaban J connectivity index is 1.96. The fraction of sp³-hybridized carbons (Fsp3) is 1.00. The van der Waals surface area contributed by atoms with Gasteiger partial charge in [0.2, 0.25) is 0 Å². The van der Waals surface area contributed by atoms with Crippen molar-refractivity contribution >= 4 is 0 Å². The Bertz CT molecular complexity index is 209. The summed E-state index contributed by atoms with van der Waals surface area (Å²) >= 11 is 0. The predicted octanol–water partition coefficient (Wildman–Crippen LogP) is 1.68. The second-order valence-electron chi connectivity index (χ2n) is 4.37. The SMILES string of the molecule is CC1COC2(CCCCO1)OCC(C)O2. The molecule has 0 aliphatic carbocycles. The maximum atomic E-state index is 5.73. The number of hydrogen-bond donors (Lipinski definition) is 0. The van der Waals surface area contributed by atoms with E-state index in [1.54, 1.807) is 0 Å². The fourth-order valence-electron chi connectivity index (χ4n) is 1.92. The molecule has 4 heteroatoms. The van der Waals surface area contributed by atoms with Crippen LogP contribution in [0.15, 0.2) is 0 Å². The molecule has 15 heavy (non-hydrogen) atoms. The summed E-state index contributed by atoms with van der Waals surface area (Å²) in [5, 5.41) is 0. The summed E-state index contributed by atoms with van der Waals surface area (Å²) in [7, 11) is 0. The first kappa shape index (κ1) is 11.3. The highest BCUT2D eigenvalue weighted by atomic mass is 16.9. The van der Waals surface area contributed by atoms with E-state index in [0.29, 0.717) is 13.2 Å². The predicted molar refractivity (Wildman–Crippen MR) is 54.4 cm³/mol. The standard InChI is InChI=1S/C11H20O4/c1-9-7-13-11(5-3-4-6-12-9)14-8-10(2)15-11/h9-10H,3-8H2,1-2H3. The monoisotopic (exact) mass is 216 g/mol. The van der Waals surface area contributed by atoms with Crippen LogP contribution in [0.5, 0.6) is 0 Å². The first-order valence-electron chi connectivity index (χ1n) is 5.77. The third-order valence-electron chi connectivity index (χ3n) is 2.74. The zero-order valence-electron chi connectivity index (χ0n) is 9.53. The summed E-state index contributed by atoms with van der Waals surface area (Å²) < 4.78 is 22.6. The van der Waals surface area contributed by atoms with E-state index in [1.807, 2.05) is 13.8 Å². The number of hydrogen-bond acceptors (Lipinski definition) is 4. The minimum atomic E-state index is -0.790. The van der Waals surface area contributed by atoms with Crippen molar-refractivity contribution in [3.8, 4) is 0 Å². The number of rotatable bonds is 0. The van der Waals surface area contributed by atoms with Gasteiger partial charge in [0.15, 0.2) is 0 Å². The van der Waals surface area contributed by atoms with Crippen molar-refractivity contribution in [1.82, 2.24) is 0 Å². The molecule has 3 unspecified atom stereocenters. The first-order chi connectivity index (χ1) is 7.20. The van der Waals surface area contributed by atoms with E-state index in [9.17, 15) is 0 Å². The molecule has 3 atom stereocenters. The molecule has 2 aliphatic rings. The van der Waals surface area contributed by atoms with E-state index in [-0.39, 0.29) is 12.2 Å². The van der Waals surface area contributed by atoms with Gasteiger partial charge in [-0.2, -0.15) is 0 Å². The lowest BCUT2D eigenvalue weighted by molar-refractivity contribution is -0.343. The van der Waals surface area contributed by atoms with Gasteiger partial charge in [-0.15, -0.1) is 0 Å². The molecule has 2 saturated heterocycles. The summed E-state index contributed by atoms with van der Waals surface area (Å²) in [6.45, 7) is 5.97. The van der Waals surface area contributed by atoms with E-state index < -0.39 is 5.97 Å². The molecule has 0 radical (unpaired) electrons. The normalized spacial score (nSPS) is 43.6. The molecule has 2 heterocycles. The van der Waals surface area contributed by atoms with Crippen molar-refractivity contribution in [3.05, 3.63) is 0 Å². The lowest BCUT2D eigenvalue weighted by Gasteiger charge is -2.27. The molecular weight excluding hydrogens is 196 g/mol. The summed E-state index contributed by atoms with van der Waals surface area (Å²) in [5.41, 5.74) is 0. The van der Waals surface area contributed by atoms with E-state index in [4.69, 9.17) is 18.9 Å². The van der Waals surface area contributed by atoms with Crippen LogP contribution < -0.4 is 0 Å². The topological polar surface area (TPSA) is 36.9 Å². The fourth-order valence-corrected chi connectivity index (χ4v) is 1.92. The van der Waals surface area contributed by atoms with Crippen molar-refractivity contribution in [2.75, 3.05) is 19.8 Å². The zero-order chi connectivity index (χ0) is 10.7. The van der Waals surface area contributed by atoms with Gasteiger partial charge >= 0.3 is 0 Å². The Morgan fingerprint density at radius 2 is 1.73 bits per heavy atom. The molecule has 0 N–H and O–H groups in total. The smallest absolute Gasteiger partial charge is 0.283 e. The average Bonchev–Trinajstić information content (AvgIpc) is 2.60. The molecule has 1 spiro atoms. The van der Waals surface area contributed by atoms with Gasteiger partial charge in [0.25, 0.3) is 5.97 Å². The number of ether oxygens (including phenoxy) is 4. The molecule has 2 aliphatic heterocycles. The minimum Gasteiger partial charge on any atom is -0.376 e. The lowest BCUT2D eigenvalue weighted by Crippen LogP contribution is -2.36. The van der Waals surface area contributed by atoms with Crippen molar-refractivity contribution < 1.29 is 18.9 Å². The quantitative estimate of drug-likeness (QED) is 0.617. The van der Waals surface area contributed by atoms with Gasteiger partial charge in [0.05, 0.1) is 25.4 Å². The van der Waals surface area contributed by atoms with Crippen molar-refractivity contribution in [1.29, 1.82) is 0 Å². The maximum absolute atomic E-state index is 5.73. The van der Waals surface area contributed by atoms with Crippen LogP contribution in [0.1, 0.15) is 33.1 Å². The maximum Gasteiger partial charge on any atom is 0.283 e. The van der Waals surface area contributed by atoms with Crippen LogP contribution in [-0.2, 0) is 18.9 Å². The molecule has 4 nitrogen and oxygen atoms in total. The van der Waals surface area contributed by atoms with E-state index in [1.165, 1.54) is 0 Å². The Kier molecular flexibility index (Phi) is 3.61. The van der Waals surface area contributed by atoms with E-state index >= 15 is 0 Å². The zero-order valence-corrected chi connectivity index (χ0v) is 9.53. The lowest BCUT2D eigenvalue weighted by atomic mass is 10.2. The van der Waals surface area contributed by atoms with Gasteiger partial charge in [0.1, 0.15) is 0 Å². The van der Waals surface area contributed by atoms with Crippen LogP contribution in [0, 0.1) is 0 Å². The van der Waals surface area contributed by atoms with E-state index in [0.717, 1.165) is 25.9 Å². The average molecular weight is 216 g/mol. The van der Waals surface area contributed by atoms with Crippen LogP contribution in [0.2, 0.25) is 0 Å². The molecule has 0 aromatic rings. The largest absolute Gasteiger partial charge is 0.376 e. The Morgan fingerprint density at radius 1 is 1.00 bits per heavy atom. The van der Waals surface area contributed by atoms with Crippen molar-refractivity contribution in [2.45, 2.75) is 51.3 Å². The van der Waals surface area contributed by atoms with Gasteiger partial charge in [-0.3, -0.25) is 0 Å². The third-order valence-corrected chi connectivity index (χ3v) is 2.74. The molecule has 0 saturated carbocycles. The van der Waals surface area contributed by atoms with Gasteiger partial charge in [0, 0.05) is 13.0 Å². The highest BCUT2D eigenvalue weighted by Gasteiger charge is 2.41. The molecular formula is C11H20O4. The highest BCUT2D eigenvalue weighted by molar-refractivity contribution is 4.70. The molecule has 0 amide bonds. The van der Waals surface area contributed by atoms with Gasteiger partial charge in [-0.05, 0) is 26.7 Å². The van der Waals surface area contributed by atoms with Gasteiger partial charge in [-0.25, -0.2) is 0 Å². The highest BCUT2D eigenvalue weighted by Crippen LogP contribution is 2.31. The second-order valence-corrected chi connectivity index (χ2v) is 4.37. The van der Waals surface area contributed by atoms with E-state index in [2.05, 4.69) is 0 Å². The summed E-state index contributed by atoms with van der Waals surface area (Å²) in [6.07, 6.45) is 3.09. The first-order valence-corrected chi connectivity index (χ1v) is 5.77. The molecule has 88 valence electrons. The van der Waals surface area contributed by atoms with Crippen LogP contribution >= 0.6 is 0 Å². The summed E-state index contributed by atoms with van der Waals surface area (Å²) in [5.74, 6) is -0.790. The van der Waals surface area contributed by atoms with Crippen LogP contribution in [-0.4, -0.2) is 38.0 Å². The summed E-state index contributed by atoms with van der Waals surface area (Å²) in [4.78, 5) is 0. The van der Waals surface area contributed by atoms with Crippen molar-refractivity contribution in [2.24, 2.45) is 0 Å². The third kappa shape index (κ3) is 2.91. The second kappa shape index (κ2) is 4.78. The van der Waals surface area contributed by atoms with Gasteiger partial charge < -0.3 is 18.9 Å². The Morgan fingerprint density at radius 3 is 2.47 bits per heavy atom. The van der Waals surface area contributed by atoms with Crippen LogP contribution in [0.25, 0.3) is 0 Å². The molecule has 2 rings (SSSR count).